The van der Waals surface area contributed by atoms with Crippen molar-refractivity contribution in [2.75, 3.05) is 25.9 Å². The molecular weight excluding hydrogens is 282 g/mol. The number of fused-ring (bicyclic) bond motifs is 1. The van der Waals surface area contributed by atoms with Crippen LogP contribution in [0.1, 0.15) is 37.9 Å². The molecule has 2 aliphatic heterocycles. The van der Waals surface area contributed by atoms with Gasteiger partial charge in [-0.2, -0.15) is 0 Å². The first-order valence-electron chi connectivity index (χ1n) is 8.19. The van der Waals surface area contributed by atoms with E-state index in [1.807, 2.05) is 18.8 Å². The van der Waals surface area contributed by atoms with E-state index in [0.29, 0.717) is 0 Å². The SMILES string of the molecule is CNCc1nnc(SC[C@@H]2CCCN3CCCC[C@H]23)n1C. The van der Waals surface area contributed by atoms with Crippen molar-refractivity contribution in [3.8, 4) is 0 Å². The number of thioether (sulfide) groups is 1. The molecule has 1 N–H and O–H groups in total. The second-order valence-corrected chi connectivity index (χ2v) is 7.29. The smallest absolute Gasteiger partial charge is 0.190 e. The molecule has 0 radical (unpaired) electrons. The second kappa shape index (κ2) is 7.11. The lowest BCUT2D eigenvalue weighted by Gasteiger charge is -2.44. The highest BCUT2D eigenvalue weighted by Gasteiger charge is 2.33. The molecule has 0 unspecified atom stereocenters. The quantitative estimate of drug-likeness (QED) is 0.842. The number of hydrogen-bond acceptors (Lipinski definition) is 5. The van der Waals surface area contributed by atoms with E-state index in [1.165, 1.54) is 50.9 Å². The molecule has 2 fully saturated rings. The van der Waals surface area contributed by atoms with Gasteiger partial charge < -0.3 is 14.8 Å². The van der Waals surface area contributed by atoms with Gasteiger partial charge >= 0.3 is 0 Å². The number of hydrogen-bond donors (Lipinski definition) is 1. The average Bonchev–Trinajstić information content (AvgIpc) is 2.86. The van der Waals surface area contributed by atoms with Crippen molar-refractivity contribution in [3.63, 3.8) is 0 Å². The standard InChI is InChI=1S/C15H27N5S/c1-16-10-14-17-18-15(19(14)2)21-11-12-6-5-9-20-8-4-3-7-13(12)20/h12-13,16H,3-11H2,1-2H3/t12-,13+/m0/s1. The third-order valence-corrected chi connectivity index (χ3v) is 6.12. The fraction of sp³-hybridized carbons (Fsp3) is 0.867. The van der Waals surface area contributed by atoms with Crippen LogP contribution in [0.2, 0.25) is 0 Å². The number of nitrogens with one attached hydrogen (secondary N) is 1. The molecule has 2 saturated heterocycles. The maximum Gasteiger partial charge on any atom is 0.190 e. The Bertz CT molecular complexity index is 459. The molecular formula is C15H27N5S. The molecule has 21 heavy (non-hydrogen) atoms. The highest BCUT2D eigenvalue weighted by molar-refractivity contribution is 7.99. The van der Waals surface area contributed by atoms with Gasteiger partial charge in [0.05, 0.1) is 6.54 Å². The summed E-state index contributed by atoms with van der Waals surface area (Å²) in [7, 11) is 4.02. The predicted molar refractivity (Wildman–Crippen MR) is 86.4 cm³/mol. The van der Waals surface area contributed by atoms with Crippen molar-refractivity contribution < 1.29 is 0 Å². The van der Waals surface area contributed by atoms with Crippen LogP contribution >= 0.6 is 11.8 Å². The van der Waals surface area contributed by atoms with E-state index in [0.717, 1.165) is 29.5 Å². The fourth-order valence-corrected chi connectivity index (χ4v) is 4.89. The largest absolute Gasteiger partial charge is 0.313 e. The van der Waals surface area contributed by atoms with Crippen LogP contribution in [0.5, 0.6) is 0 Å². The lowest BCUT2D eigenvalue weighted by Crippen LogP contribution is -2.48. The van der Waals surface area contributed by atoms with E-state index >= 15 is 0 Å². The van der Waals surface area contributed by atoms with Crippen LogP contribution in [-0.4, -0.2) is 51.6 Å². The summed E-state index contributed by atoms with van der Waals surface area (Å²) in [5, 5.41) is 12.8. The summed E-state index contributed by atoms with van der Waals surface area (Å²) in [6.45, 7) is 3.42. The maximum atomic E-state index is 4.35. The first-order valence-corrected chi connectivity index (χ1v) is 9.18. The molecule has 1 aromatic heterocycles. The van der Waals surface area contributed by atoms with Gasteiger partial charge in [-0.05, 0) is 51.7 Å². The zero-order valence-electron chi connectivity index (χ0n) is 13.2. The lowest BCUT2D eigenvalue weighted by atomic mass is 9.85. The van der Waals surface area contributed by atoms with E-state index < -0.39 is 0 Å². The zero-order chi connectivity index (χ0) is 14.7. The summed E-state index contributed by atoms with van der Waals surface area (Å²) in [6, 6.07) is 0.824. The highest BCUT2D eigenvalue weighted by Crippen LogP contribution is 2.34. The molecule has 3 heterocycles. The molecule has 0 spiro atoms. The predicted octanol–water partition coefficient (Wildman–Crippen LogP) is 1.89. The van der Waals surface area contributed by atoms with Crippen molar-refractivity contribution >= 4 is 11.8 Å². The van der Waals surface area contributed by atoms with Crippen LogP contribution in [0.25, 0.3) is 0 Å². The maximum absolute atomic E-state index is 4.35. The Hall–Kier alpha value is -0.590. The average molecular weight is 309 g/mol. The van der Waals surface area contributed by atoms with Crippen molar-refractivity contribution in [1.29, 1.82) is 0 Å². The molecule has 0 aromatic carbocycles. The second-order valence-electron chi connectivity index (χ2n) is 6.30. The molecule has 2 atom stereocenters. The molecule has 2 aliphatic rings. The summed E-state index contributed by atoms with van der Waals surface area (Å²) in [4.78, 5) is 2.74. The van der Waals surface area contributed by atoms with Crippen molar-refractivity contribution in [2.24, 2.45) is 13.0 Å². The van der Waals surface area contributed by atoms with Gasteiger partial charge in [0, 0.05) is 18.8 Å². The van der Waals surface area contributed by atoms with Crippen molar-refractivity contribution in [3.05, 3.63) is 5.82 Å². The van der Waals surface area contributed by atoms with Gasteiger partial charge in [0.25, 0.3) is 0 Å². The van der Waals surface area contributed by atoms with Gasteiger partial charge in [0.15, 0.2) is 5.16 Å². The Morgan fingerprint density at radius 1 is 1.19 bits per heavy atom. The summed E-state index contributed by atoms with van der Waals surface area (Å²) in [6.07, 6.45) is 6.96. The monoisotopic (exact) mass is 309 g/mol. The van der Waals surface area contributed by atoms with Gasteiger partial charge in [-0.15, -0.1) is 10.2 Å². The summed E-state index contributed by atoms with van der Waals surface area (Å²) >= 11 is 1.89. The van der Waals surface area contributed by atoms with Crippen LogP contribution < -0.4 is 5.32 Å². The zero-order valence-corrected chi connectivity index (χ0v) is 14.0. The minimum Gasteiger partial charge on any atom is -0.313 e. The number of piperidine rings is 2. The van der Waals surface area contributed by atoms with Gasteiger partial charge in [-0.3, -0.25) is 0 Å². The first-order chi connectivity index (χ1) is 10.3. The van der Waals surface area contributed by atoms with E-state index in [1.54, 1.807) is 0 Å². The third kappa shape index (κ3) is 3.43. The van der Waals surface area contributed by atoms with Gasteiger partial charge in [0.2, 0.25) is 0 Å². The van der Waals surface area contributed by atoms with E-state index in [-0.39, 0.29) is 0 Å². The lowest BCUT2D eigenvalue weighted by molar-refractivity contribution is 0.0693. The van der Waals surface area contributed by atoms with Gasteiger partial charge in [-0.1, -0.05) is 18.2 Å². The van der Waals surface area contributed by atoms with E-state index in [9.17, 15) is 0 Å². The van der Waals surface area contributed by atoms with Crippen LogP contribution in [0, 0.1) is 5.92 Å². The van der Waals surface area contributed by atoms with Crippen LogP contribution in [0.3, 0.4) is 0 Å². The van der Waals surface area contributed by atoms with E-state index in [4.69, 9.17) is 0 Å². The summed E-state index contributed by atoms with van der Waals surface area (Å²) < 4.78 is 2.13. The minimum atomic E-state index is 0.782. The van der Waals surface area contributed by atoms with Gasteiger partial charge in [-0.25, -0.2) is 0 Å². The highest BCUT2D eigenvalue weighted by atomic mass is 32.2. The first kappa shape index (κ1) is 15.3. The Morgan fingerprint density at radius 2 is 2.05 bits per heavy atom. The Kier molecular flexibility index (Phi) is 5.19. The third-order valence-electron chi connectivity index (χ3n) is 4.92. The molecule has 6 heteroatoms. The molecule has 0 aliphatic carbocycles. The number of nitrogens with zero attached hydrogens (tertiary/aromatic N) is 4. The number of aromatic nitrogens is 3. The van der Waals surface area contributed by atoms with Crippen molar-refractivity contribution in [1.82, 2.24) is 25.0 Å². The summed E-state index contributed by atoms with van der Waals surface area (Å²) in [5.41, 5.74) is 0. The topological polar surface area (TPSA) is 46.0 Å². The molecule has 0 saturated carbocycles. The molecule has 118 valence electrons. The Morgan fingerprint density at radius 3 is 2.90 bits per heavy atom. The molecule has 5 nitrogen and oxygen atoms in total. The molecule has 0 bridgehead atoms. The molecule has 3 rings (SSSR count). The minimum absolute atomic E-state index is 0.782. The Balaban J connectivity index is 1.59. The van der Waals surface area contributed by atoms with Crippen LogP contribution in [-0.2, 0) is 13.6 Å². The molecule has 1 aromatic rings. The molecule has 0 amide bonds. The fourth-order valence-electron chi connectivity index (χ4n) is 3.74. The van der Waals surface area contributed by atoms with E-state index in [2.05, 4.69) is 32.0 Å². The van der Waals surface area contributed by atoms with Gasteiger partial charge in [0.1, 0.15) is 5.82 Å². The normalized spacial score (nSPS) is 26.8. The Labute approximate surface area is 131 Å². The van der Waals surface area contributed by atoms with Crippen LogP contribution in [0.4, 0.5) is 0 Å². The summed E-state index contributed by atoms with van der Waals surface area (Å²) in [5.74, 6) is 3.03. The van der Waals surface area contributed by atoms with Crippen LogP contribution in [0.15, 0.2) is 5.16 Å². The van der Waals surface area contributed by atoms with Crippen molar-refractivity contribution in [2.45, 2.75) is 49.8 Å². The number of rotatable bonds is 5.